The molecular weight excluding hydrogens is 232 g/mol. The summed E-state index contributed by atoms with van der Waals surface area (Å²) in [5.41, 5.74) is 1.02. The van der Waals surface area contributed by atoms with Gasteiger partial charge in [-0.2, -0.15) is 0 Å². The van der Waals surface area contributed by atoms with E-state index in [1.807, 2.05) is 22.2 Å². The normalized spacial score (nSPS) is 19.8. The highest BCUT2D eigenvalue weighted by atomic mass is 32.1. The molecule has 0 amide bonds. The van der Waals surface area contributed by atoms with Gasteiger partial charge in [-0.15, -0.1) is 11.3 Å². The van der Waals surface area contributed by atoms with Gasteiger partial charge >= 0.3 is 0 Å². The molecule has 17 heavy (non-hydrogen) atoms. The zero-order valence-corrected chi connectivity index (χ0v) is 10.7. The van der Waals surface area contributed by atoms with Crippen LogP contribution < -0.4 is 0 Å². The van der Waals surface area contributed by atoms with E-state index in [2.05, 4.69) is 4.98 Å². The molecule has 92 valence electrons. The maximum Gasteiger partial charge on any atom is 0.193 e. The minimum atomic E-state index is -0.208. The van der Waals surface area contributed by atoms with Gasteiger partial charge in [-0.05, 0) is 18.8 Å². The van der Waals surface area contributed by atoms with Gasteiger partial charge in [0.1, 0.15) is 0 Å². The van der Waals surface area contributed by atoms with Crippen molar-refractivity contribution in [3.8, 4) is 0 Å². The standard InChI is InChI=1S/C13H18N2OS/c16-12(10-4-2-1-3-5-10)8-11-9-15-6-7-17-13(15)14-11/h6-7,9-10,12,16H,1-5,8H2. The van der Waals surface area contributed by atoms with E-state index < -0.39 is 0 Å². The van der Waals surface area contributed by atoms with Crippen LogP contribution in [0.15, 0.2) is 17.8 Å². The van der Waals surface area contributed by atoms with E-state index in [-0.39, 0.29) is 6.10 Å². The van der Waals surface area contributed by atoms with Crippen molar-refractivity contribution < 1.29 is 5.11 Å². The summed E-state index contributed by atoms with van der Waals surface area (Å²) in [5.74, 6) is 0.489. The third-order valence-electron chi connectivity index (χ3n) is 3.76. The molecule has 4 heteroatoms. The molecule has 2 aromatic rings. The third-order valence-corrected chi connectivity index (χ3v) is 4.53. The highest BCUT2D eigenvalue weighted by Crippen LogP contribution is 2.28. The summed E-state index contributed by atoms with van der Waals surface area (Å²) in [6.45, 7) is 0. The van der Waals surface area contributed by atoms with Crippen molar-refractivity contribution in [2.24, 2.45) is 5.92 Å². The van der Waals surface area contributed by atoms with Crippen LogP contribution >= 0.6 is 11.3 Å². The van der Waals surface area contributed by atoms with Gasteiger partial charge in [-0.3, -0.25) is 4.40 Å². The van der Waals surface area contributed by atoms with Gasteiger partial charge in [0.05, 0.1) is 11.8 Å². The molecule has 0 saturated heterocycles. The van der Waals surface area contributed by atoms with Crippen molar-refractivity contribution in [1.29, 1.82) is 0 Å². The summed E-state index contributed by atoms with van der Waals surface area (Å²) < 4.78 is 2.04. The van der Waals surface area contributed by atoms with Gasteiger partial charge in [0, 0.05) is 24.2 Å². The van der Waals surface area contributed by atoms with E-state index in [9.17, 15) is 5.11 Å². The number of nitrogens with zero attached hydrogens (tertiary/aromatic N) is 2. The first-order chi connectivity index (χ1) is 8.33. The van der Waals surface area contributed by atoms with Crippen LogP contribution in [-0.2, 0) is 6.42 Å². The molecule has 3 nitrogen and oxygen atoms in total. The summed E-state index contributed by atoms with van der Waals surface area (Å²) in [6, 6.07) is 0. The molecule has 0 aromatic carbocycles. The van der Waals surface area contributed by atoms with Crippen molar-refractivity contribution in [1.82, 2.24) is 9.38 Å². The Morgan fingerprint density at radius 3 is 3.00 bits per heavy atom. The lowest BCUT2D eigenvalue weighted by molar-refractivity contribution is 0.0844. The second-order valence-corrected chi connectivity index (χ2v) is 5.87. The smallest absolute Gasteiger partial charge is 0.193 e. The quantitative estimate of drug-likeness (QED) is 0.909. The molecule has 3 rings (SSSR count). The van der Waals surface area contributed by atoms with Crippen molar-refractivity contribution in [3.05, 3.63) is 23.5 Å². The molecule has 1 atom stereocenters. The Labute approximate surface area is 105 Å². The largest absolute Gasteiger partial charge is 0.392 e. The number of hydrogen-bond donors (Lipinski definition) is 1. The number of aliphatic hydroxyl groups excluding tert-OH is 1. The number of aliphatic hydroxyl groups is 1. The first-order valence-corrected chi connectivity index (χ1v) is 7.30. The van der Waals surface area contributed by atoms with Crippen LogP contribution in [0.1, 0.15) is 37.8 Å². The summed E-state index contributed by atoms with van der Waals surface area (Å²) in [6.07, 6.45) is 10.8. The van der Waals surface area contributed by atoms with Crippen LogP contribution in [0.3, 0.4) is 0 Å². The van der Waals surface area contributed by atoms with Crippen LogP contribution in [-0.4, -0.2) is 20.6 Å². The first-order valence-electron chi connectivity index (χ1n) is 6.42. The lowest BCUT2D eigenvalue weighted by Crippen LogP contribution is -2.25. The average Bonchev–Trinajstić information content (AvgIpc) is 2.90. The maximum atomic E-state index is 10.2. The van der Waals surface area contributed by atoms with Gasteiger partial charge in [0.2, 0.25) is 0 Å². The van der Waals surface area contributed by atoms with Crippen molar-refractivity contribution in [3.63, 3.8) is 0 Å². The molecular formula is C13H18N2OS. The molecule has 1 fully saturated rings. The van der Waals surface area contributed by atoms with E-state index in [0.29, 0.717) is 12.3 Å². The topological polar surface area (TPSA) is 37.5 Å². The molecule has 1 N–H and O–H groups in total. The van der Waals surface area contributed by atoms with Crippen molar-refractivity contribution >= 4 is 16.3 Å². The lowest BCUT2D eigenvalue weighted by atomic mass is 9.84. The Kier molecular flexibility index (Phi) is 3.16. The number of hydrogen-bond acceptors (Lipinski definition) is 3. The second-order valence-electron chi connectivity index (χ2n) is 4.99. The highest BCUT2D eigenvalue weighted by molar-refractivity contribution is 7.15. The van der Waals surface area contributed by atoms with Gasteiger partial charge in [-0.1, -0.05) is 19.3 Å². The van der Waals surface area contributed by atoms with E-state index >= 15 is 0 Å². The molecule has 1 aliphatic rings. The van der Waals surface area contributed by atoms with Crippen LogP contribution in [0.5, 0.6) is 0 Å². The third kappa shape index (κ3) is 2.38. The highest BCUT2D eigenvalue weighted by Gasteiger charge is 2.22. The Bertz CT molecular complexity index is 456. The number of fused-ring (bicyclic) bond motifs is 1. The molecule has 0 aliphatic heterocycles. The molecule has 2 aromatic heterocycles. The minimum Gasteiger partial charge on any atom is -0.392 e. The fraction of sp³-hybridized carbons (Fsp3) is 0.615. The Morgan fingerprint density at radius 1 is 1.41 bits per heavy atom. The van der Waals surface area contributed by atoms with Crippen molar-refractivity contribution in [2.45, 2.75) is 44.6 Å². The zero-order valence-electron chi connectivity index (χ0n) is 9.88. The van der Waals surface area contributed by atoms with E-state index in [1.54, 1.807) is 11.3 Å². The summed E-state index contributed by atoms with van der Waals surface area (Å²) >= 11 is 1.64. The molecule has 0 bridgehead atoms. The molecule has 0 radical (unpaired) electrons. The second kappa shape index (κ2) is 4.78. The molecule has 1 saturated carbocycles. The number of rotatable bonds is 3. The summed E-state index contributed by atoms with van der Waals surface area (Å²) in [7, 11) is 0. The minimum absolute atomic E-state index is 0.208. The predicted octanol–water partition coefficient (Wildman–Crippen LogP) is 2.88. The Morgan fingerprint density at radius 2 is 2.24 bits per heavy atom. The van der Waals surface area contributed by atoms with Gasteiger partial charge in [0.15, 0.2) is 4.96 Å². The maximum absolute atomic E-state index is 10.2. The number of aromatic nitrogens is 2. The summed E-state index contributed by atoms with van der Waals surface area (Å²) in [5, 5.41) is 12.3. The van der Waals surface area contributed by atoms with E-state index in [4.69, 9.17) is 0 Å². The predicted molar refractivity (Wildman–Crippen MR) is 69.4 cm³/mol. The van der Waals surface area contributed by atoms with Crippen LogP contribution in [0.4, 0.5) is 0 Å². The van der Waals surface area contributed by atoms with Crippen LogP contribution in [0, 0.1) is 5.92 Å². The monoisotopic (exact) mass is 250 g/mol. The molecule has 2 heterocycles. The zero-order chi connectivity index (χ0) is 11.7. The molecule has 1 unspecified atom stereocenters. The Hall–Kier alpha value is -0.870. The summed E-state index contributed by atoms with van der Waals surface area (Å²) in [4.78, 5) is 5.55. The first kappa shape index (κ1) is 11.2. The van der Waals surface area contributed by atoms with Crippen LogP contribution in [0.2, 0.25) is 0 Å². The van der Waals surface area contributed by atoms with E-state index in [1.165, 1.54) is 32.1 Å². The fourth-order valence-corrected chi connectivity index (χ4v) is 3.49. The van der Waals surface area contributed by atoms with Crippen LogP contribution in [0.25, 0.3) is 4.96 Å². The Balaban J connectivity index is 1.67. The van der Waals surface area contributed by atoms with Gasteiger partial charge < -0.3 is 5.11 Å². The lowest BCUT2D eigenvalue weighted by Gasteiger charge is -2.26. The fourth-order valence-electron chi connectivity index (χ4n) is 2.77. The average molecular weight is 250 g/mol. The molecule has 1 aliphatic carbocycles. The van der Waals surface area contributed by atoms with Gasteiger partial charge in [0.25, 0.3) is 0 Å². The molecule has 0 spiro atoms. The van der Waals surface area contributed by atoms with Gasteiger partial charge in [-0.25, -0.2) is 4.98 Å². The number of thiazole rings is 1. The number of imidazole rings is 1. The van der Waals surface area contributed by atoms with Crippen molar-refractivity contribution in [2.75, 3.05) is 0 Å². The SMILES string of the molecule is OC(Cc1cn2ccsc2n1)C1CCCCC1. The van der Waals surface area contributed by atoms with E-state index in [0.717, 1.165) is 10.7 Å².